The highest BCUT2D eigenvalue weighted by atomic mass is 16.1. The molecule has 0 unspecified atom stereocenters. The van der Waals surface area contributed by atoms with Gasteiger partial charge in [0.25, 0.3) is 0 Å². The van der Waals surface area contributed by atoms with E-state index in [0.29, 0.717) is 13.1 Å². The molecule has 0 aliphatic carbocycles. The number of terminal acetylenes is 1. The first kappa shape index (κ1) is 11.5. The summed E-state index contributed by atoms with van der Waals surface area (Å²) in [6.07, 6.45) is 5.08. The minimum absolute atomic E-state index is 0.0859. The van der Waals surface area contributed by atoms with E-state index >= 15 is 0 Å². The predicted octanol–water partition coefficient (Wildman–Crippen LogP) is 1.71. The number of hydrogen-bond donors (Lipinski definition) is 1. The molecule has 1 rings (SSSR count). The predicted molar refractivity (Wildman–Crippen MR) is 61.9 cm³/mol. The zero-order chi connectivity index (χ0) is 11.3. The Morgan fingerprint density at radius 1 is 1.47 bits per heavy atom. The van der Waals surface area contributed by atoms with Crippen molar-refractivity contribution in [2.45, 2.75) is 13.8 Å². The van der Waals surface area contributed by atoms with Crippen LogP contribution >= 0.6 is 0 Å². The summed E-state index contributed by atoms with van der Waals surface area (Å²) >= 11 is 0. The standard InChI is InChI=1S/C13H15NO/c1-4-7-14-9-13(15)12-6-5-10(2)8-11(12)3/h1,5-6,8,14H,7,9H2,2-3H3. The van der Waals surface area contributed by atoms with E-state index in [1.54, 1.807) is 0 Å². The summed E-state index contributed by atoms with van der Waals surface area (Å²) < 4.78 is 0. The number of ketones is 1. The van der Waals surface area contributed by atoms with Crippen LogP contribution in [0.5, 0.6) is 0 Å². The SMILES string of the molecule is C#CCNCC(=O)c1ccc(C)cc1C. The van der Waals surface area contributed by atoms with E-state index in [2.05, 4.69) is 11.2 Å². The molecule has 2 nitrogen and oxygen atoms in total. The lowest BCUT2D eigenvalue weighted by Gasteiger charge is -2.05. The third kappa shape index (κ3) is 3.23. The molecule has 15 heavy (non-hydrogen) atoms. The van der Waals surface area contributed by atoms with Gasteiger partial charge in [0.2, 0.25) is 0 Å². The molecule has 0 aromatic heterocycles. The summed E-state index contributed by atoms with van der Waals surface area (Å²) in [4.78, 5) is 11.7. The summed E-state index contributed by atoms with van der Waals surface area (Å²) in [5.74, 6) is 2.52. The molecular weight excluding hydrogens is 186 g/mol. The molecule has 0 saturated carbocycles. The van der Waals surface area contributed by atoms with E-state index in [0.717, 1.165) is 11.1 Å². The highest BCUT2D eigenvalue weighted by Gasteiger charge is 2.07. The van der Waals surface area contributed by atoms with Crippen LogP contribution in [-0.4, -0.2) is 18.9 Å². The van der Waals surface area contributed by atoms with Crippen LogP contribution in [0.2, 0.25) is 0 Å². The van der Waals surface area contributed by atoms with E-state index in [1.165, 1.54) is 5.56 Å². The number of nitrogens with one attached hydrogen (secondary N) is 1. The van der Waals surface area contributed by atoms with E-state index in [9.17, 15) is 4.79 Å². The van der Waals surface area contributed by atoms with Crippen molar-refractivity contribution >= 4 is 5.78 Å². The van der Waals surface area contributed by atoms with Gasteiger partial charge in [-0.2, -0.15) is 0 Å². The maximum atomic E-state index is 11.7. The number of carbonyl (C=O) groups is 1. The summed E-state index contributed by atoms with van der Waals surface area (Å²) in [5, 5.41) is 2.89. The Balaban J connectivity index is 2.70. The van der Waals surface area contributed by atoms with E-state index in [1.807, 2.05) is 32.0 Å². The molecule has 0 heterocycles. The monoisotopic (exact) mass is 201 g/mol. The van der Waals surface area contributed by atoms with Crippen molar-refractivity contribution in [3.63, 3.8) is 0 Å². The lowest BCUT2D eigenvalue weighted by molar-refractivity contribution is 0.0992. The maximum absolute atomic E-state index is 11.7. The average molecular weight is 201 g/mol. The molecule has 0 saturated heterocycles. The zero-order valence-electron chi connectivity index (χ0n) is 9.13. The van der Waals surface area contributed by atoms with Gasteiger partial charge in [-0.15, -0.1) is 6.42 Å². The highest BCUT2D eigenvalue weighted by Crippen LogP contribution is 2.10. The number of aryl methyl sites for hydroxylation is 2. The molecule has 0 amide bonds. The first-order chi connectivity index (χ1) is 7.15. The van der Waals surface area contributed by atoms with Crippen LogP contribution in [-0.2, 0) is 0 Å². The lowest BCUT2D eigenvalue weighted by Crippen LogP contribution is -2.23. The summed E-state index contributed by atoms with van der Waals surface area (Å²) in [5.41, 5.74) is 2.95. The van der Waals surface area contributed by atoms with Gasteiger partial charge in [-0.25, -0.2) is 0 Å². The minimum atomic E-state index is 0.0859. The zero-order valence-corrected chi connectivity index (χ0v) is 9.13. The molecule has 0 aliphatic heterocycles. The van der Waals surface area contributed by atoms with Gasteiger partial charge in [-0.05, 0) is 19.4 Å². The topological polar surface area (TPSA) is 29.1 Å². The number of hydrogen-bond acceptors (Lipinski definition) is 2. The fourth-order valence-electron chi connectivity index (χ4n) is 1.47. The number of carbonyl (C=O) groups excluding carboxylic acids is 1. The fraction of sp³-hybridized carbons (Fsp3) is 0.308. The lowest BCUT2D eigenvalue weighted by atomic mass is 10.0. The summed E-state index contributed by atoms with van der Waals surface area (Å²) in [6, 6.07) is 5.82. The molecule has 0 spiro atoms. The molecule has 1 aromatic rings. The van der Waals surface area contributed by atoms with Gasteiger partial charge in [0.15, 0.2) is 5.78 Å². The van der Waals surface area contributed by atoms with Crippen LogP contribution in [0, 0.1) is 26.2 Å². The molecule has 1 N–H and O–H groups in total. The Morgan fingerprint density at radius 3 is 2.80 bits per heavy atom. The van der Waals surface area contributed by atoms with E-state index < -0.39 is 0 Å². The van der Waals surface area contributed by atoms with Crippen LogP contribution in [0.15, 0.2) is 18.2 Å². The quantitative estimate of drug-likeness (QED) is 0.456. The largest absolute Gasteiger partial charge is 0.299 e. The highest BCUT2D eigenvalue weighted by molar-refractivity contribution is 5.98. The molecule has 0 aliphatic rings. The minimum Gasteiger partial charge on any atom is -0.299 e. The van der Waals surface area contributed by atoms with Crippen LogP contribution in [0.4, 0.5) is 0 Å². The van der Waals surface area contributed by atoms with Crippen molar-refractivity contribution in [3.05, 3.63) is 34.9 Å². The van der Waals surface area contributed by atoms with Gasteiger partial charge in [-0.1, -0.05) is 29.7 Å². The molecular formula is C13H15NO. The summed E-state index contributed by atoms with van der Waals surface area (Å²) in [6.45, 7) is 4.68. The maximum Gasteiger partial charge on any atom is 0.176 e. The third-order valence-corrected chi connectivity index (χ3v) is 2.19. The number of Topliss-reactive ketones (excluding diaryl/α,β-unsaturated/α-hetero) is 1. The molecule has 1 aromatic carbocycles. The summed E-state index contributed by atoms with van der Waals surface area (Å²) in [7, 11) is 0. The number of benzene rings is 1. The average Bonchev–Trinajstić information content (AvgIpc) is 2.17. The van der Waals surface area contributed by atoms with Crippen LogP contribution in [0.3, 0.4) is 0 Å². The van der Waals surface area contributed by atoms with Crippen LogP contribution < -0.4 is 5.32 Å². The van der Waals surface area contributed by atoms with E-state index in [4.69, 9.17) is 6.42 Å². The molecule has 0 atom stereocenters. The Morgan fingerprint density at radius 2 is 2.20 bits per heavy atom. The normalized spacial score (nSPS) is 9.67. The Kier molecular flexibility index (Phi) is 4.08. The van der Waals surface area contributed by atoms with Crippen molar-refractivity contribution in [1.82, 2.24) is 5.32 Å². The van der Waals surface area contributed by atoms with Crippen molar-refractivity contribution < 1.29 is 4.79 Å². The first-order valence-electron chi connectivity index (χ1n) is 4.90. The fourth-order valence-corrected chi connectivity index (χ4v) is 1.47. The van der Waals surface area contributed by atoms with Crippen LogP contribution in [0.1, 0.15) is 21.5 Å². The molecule has 0 radical (unpaired) electrons. The van der Waals surface area contributed by atoms with E-state index in [-0.39, 0.29) is 5.78 Å². The second-order valence-corrected chi connectivity index (χ2v) is 3.55. The molecule has 0 bridgehead atoms. The Hall–Kier alpha value is -1.59. The van der Waals surface area contributed by atoms with Gasteiger partial charge in [0.05, 0.1) is 13.1 Å². The van der Waals surface area contributed by atoms with Gasteiger partial charge in [-0.3, -0.25) is 10.1 Å². The van der Waals surface area contributed by atoms with Crippen molar-refractivity contribution in [3.8, 4) is 12.3 Å². The molecule has 2 heteroatoms. The van der Waals surface area contributed by atoms with Gasteiger partial charge in [0.1, 0.15) is 0 Å². The smallest absolute Gasteiger partial charge is 0.176 e. The van der Waals surface area contributed by atoms with Gasteiger partial charge >= 0.3 is 0 Å². The second kappa shape index (κ2) is 5.33. The Labute approximate surface area is 90.7 Å². The first-order valence-corrected chi connectivity index (χ1v) is 4.90. The van der Waals surface area contributed by atoms with Gasteiger partial charge in [0, 0.05) is 5.56 Å². The molecule has 0 fully saturated rings. The van der Waals surface area contributed by atoms with Crippen molar-refractivity contribution in [1.29, 1.82) is 0 Å². The van der Waals surface area contributed by atoms with Crippen molar-refractivity contribution in [2.24, 2.45) is 0 Å². The second-order valence-electron chi connectivity index (χ2n) is 3.55. The third-order valence-electron chi connectivity index (χ3n) is 2.19. The van der Waals surface area contributed by atoms with Crippen molar-refractivity contribution in [2.75, 3.05) is 13.1 Å². The Bertz CT molecular complexity index is 401. The van der Waals surface area contributed by atoms with Gasteiger partial charge < -0.3 is 0 Å². The van der Waals surface area contributed by atoms with Crippen LogP contribution in [0.25, 0.3) is 0 Å². The molecule has 78 valence electrons. The number of rotatable bonds is 4.